The first-order valence-electron chi connectivity index (χ1n) is 7.04. The molecule has 0 bridgehead atoms. The van der Waals surface area contributed by atoms with Gasteiger partial charge in [-0.1, -0.05) is 42.0 Å². The van der Waals surface area contributed by atoms with Gasteiger partial charge in [-0.2, -0.15) is 0 Å². The van der Waals surface area contributed by atoms with Gasteiger partial charge < -0.3 is 10.5 Å². The summed E-state index contributed by atoms with van der Waals surface area (Å²) in [5.41, 5.74) is 10.9. The Bertz CT molecular complexity index is 572. The molecule has 20 heavy (non-hydrogen) atoms. The van der Waals surface area contributed by atoms with Gasteiger partial charge in [-0.25, -0.2) is 0 Å². The largest absolute Gasteiger partial charge is 0.484 e. The Morgan fingerprint density at radius 2 is 1.60 bits per heavy atom. The maximum Gasteiger partial charge on any atom is 0.138 e. The Hall–Kier alpha value is -1.80. The summed E-state index contributed by atoms with van der Waals surface area (Å²) in [7, 11) is 0. The van der Waals surface area contributed by atoms with Crippen LogP contribution in [0.1, 0.15) is 35.3 Å². The second kappa shape index (κ2) is 6.10. The summed E-state index contributed by atoms with van der Waals surface area (Å²) >= 11 is 0. The zero-order chi connectivity index (χ0) is 14.7. The van der Waals surface area contributed by atoms with Crippen LogP contribution in [-0.2, 0) is 0 Å². The van der Waals surface area contributed by atoms with Crippen LogP contribution in [0.2, 0.25) is 0 Å². The summed E-state index contributed by atoms with van der Waals surface area (Å²) in [6.45, 7) is 8.23. The number of nitrogens with two attached hydrogens (primary N) is 1. The van der Waals surface area contributed by atoms with Gasteiger partial charge in [0.15, 0.2) is 0 Å². The molecular formula is C18H23NO. The van der Waals surface area contributed by atoms with E-state index in [1.54, 1.807) is 0 Å². The molecule has 0 aliphatic heterocycles. The molecule has 2 rings (SSSR count). The molecule has 2 unspecified atom stereocenters. The Labute approximate surface area is 121 Å². The Morgan fingerprint density at radius 3 is 2.20 bits per heavy atom. The molecular weight excluding hydrogens is 246 g/mol. The minimum absolute atomic E-state index is 0.0716. The van der Waals surface area contributed by atoms with Gasteiger partial charge in [0.1, 0.15) is 11.9 Å². The van der Waals surface area contributed by atoms with E-state index >= 15 is 0 Å². The molecule has 0 amide bonds. The minimum Gasteiger partial charge on any atom is -0.484 e. The first kappa shape index (κ1) is 14.6. The van der Waals surface area contributed by atoms with Crippen molar-refractivity contribution in [1.82, 2.24) is 0 Å². The predicted octanol–water partition coefficient (Wildman–Crippen LogP) is 4.08. The Balaban J connectivity index is 2.30. The van der Waals surface area contributed by atoms with E-state index in [1.165, 1.54) is 16.7 Å². The fraction of sp³-hybridized carbons (Fsp3) is 0.333. The van der Waals surface area contributed by atoms with Gasteiger partial charge in [0.05, 0.1) is 0 Å². The van der Waals surface area contributed by atoms with Crippen molar-refractivity contribution in [2.45, 2.75) is 39.8 Å². The number of benzene rings is 2. The highest BCUT2D eigenvalue weighted by molar-refractivity contribution is 5.39. The van der Waals surface area contributed by atoms with Crippen LogP contribution in [0.4, 0.5) is 0 Å². The number of hydrogen-bond donors (Lipinski definition) is 1. The molecule has 2 aromatic rings. The normalized spacial score (nSPS) is 13.8. The lowest BCUT2D eigenvalue weighted by atomic mass is 10.0. The maximum atomic E-state index is 6.19. The molecule has 0 heterocycles. The highest BCUT2D eigenvalue weighted by Crippen LogP contribution is 2.28. The number of aryl methyl sites for hydroxylation is 2. The van der Waals surface area contributed by atoms with Crippen LogP contribution < -0.4 is 10.5 Å². The molecule has 2 aromatic carbocycles. The van der Waals surface area contributed by atoms with Gasteiger partial charge in [0.2, 0.25) is 0 Å². The molecule has 2 nitrogen and oxygen atoms in total. The third-order valence-electron chi connectivity index (χ3n) is 3.69. The zero-order valence-electron chi connectivity index (χ0n) is 12.7. The number of hydrogen-bond acceptors (Lipinski definition) is 2. The minimum atomic E-state index is -0.129. The lowest BCUT2D eigenvalue weighted by molar-refractivity contribution is 0.179. The van der Waals surface area contributed by atoms with Crippen molar-refractivity contribution < 1.29 is 4.74 Å². The smallest absolute Gasteiger partial charge is 0.138 e. The van der Waals surface area contributed by atoms with Gasteiger partial charge in [-0.3, -0.25) is 0 Å². The van der Waals surface area contributed by atoms with E-state index in [0.717, 1.165) is 11.3 Å². The molecule has 106 valence electrons. The van der Waals surface area contributed by atoms with Gasteiger partial charge in [0, 0.05) is 6.04 Å². The summed E-state index contributed by atoms with van der Waals surface area (Å²) in [4.78, 5) is 0. The molecule has 0 saturated carbocycles. The molecule has 2 N–H and O–H groups in total. The van der Waals surface area contributed by atoms with Crippen LogP contribution in [0.5, 0.6) is 5.75 Å². The van der Waals surface area contributed by atoms with Crippen molar-refractivity contribution in [2.24, 2.45) is 5.73 Å². The number of ether oxygens (including phenoxy) is 1. The first-order valence-corrected chi connectivity index (χ1v) is 7.04. The van der Waals surface area contributed by atoms with Crippen LogP contribution in [0.3, 0.4) is 0 Å². The Kier molecular flexibility index (Phi) is 4.46. The average molecular weight is 269 g/mol. The average Bonchev–Trinajstić information content (AvgIpc) is 2.41. The third-order valence-corrected chi connectivity index (χ3v) is 3.69. The summed E-state index contributed by atoms with van der Waals surface area (Å²) in [6, 6.07) is 14.4. The second-order valence-corrected chi connectivity index (χ2v) is 5.51. The molecule has 0 aromatic heterocycles. The fourth-order valence-corrected chi connectivity index (χ4v) is 2.22. The standard InChI is InChI=1S/C18H23NO/c1-12-8-10-16(11-9-12)18(15(4)19)20-17-7-5-6-13(2)14(17)3/h5-11,15,18H,19H2,1-4H3. The van der Waals surface area contributed by atoms with Crippen molar-refractivity contribution in [1.29, 1.82) is 0 Å². The molecule has 0 aliphatic rings. The van der Waals surface area contributed by atoms with E-state index in [1.807, 2.05) is 19.1 Å². The van der Waals surface area contributed by atoms with E-state index in [-0.39, 0.29) is 12.1 Å². The van der Waals surface area contributed by atoms with E-state index in [4.69, 9.17) is 10.5 Å². The van der Waals surface area contributed by atoms with Crippen LogP contribution >= 0.6 is 0 Å². The molecule has 0 aliphatic carbocycles. The summed E-state index contributed by atoms with van der Waals surface area (Å²) in [6.07, 6.45) is -0.129. The monoisotopic (exact) mass is 269 g/mol. The van der Waals surface area contributed by atoms with E-state index in [2.05, 4.69) is 51.1 Å². The van der Waals surface area contributed by atoms with Gasteiger partial charge in [-0.15, -0.1) is 0 Å². The van der Waals surface area contributed by atoms with Gasteiger partial charge >= 0.3 is 0 Å². The molecule has 0 saturated heterocycles. The van der Waals surface area contributed by atoms with E-state index < -0.39 is 0 Å². The lowest BCUT2D eigenvalue weighted by Crippen LogP contribution is -2.29. The summed E-state index contributed by atoms with van der Waals surface area (Å²) in [5, 5.41) is 0. The van der Waals surface area contributed by atoms with Crippen molar-refractivity contribution in [3.05, 3.63) is 64.7 Å². The quantitative estimate of drug-likeness (QED) is 0.907. The van der Waals surface area contributed by atoms with Crippen molar-refractivity contribution in [3.8, 4) is 5.75 Å². The molecule has 2 heteroatoms. The van der Waals surface area contributed by atoms with Crippen molar-refractivity contribution >= 4 is 0 Å². The van der Waals surface area contributed by atoms with Crippen molar-refractivity contribution in [2.75, 3.05) is 0 Å². The maximum absolute atomic E-state index is 6.19. The van der Waals surface area contributed by atoms with Crippen LogP contribution in [0.15, 0.2) is 42.5 Å². The predicted molar refractivity (Wildman–Crippen MR) is 84.1 cm³/mol. The zero-order valence-corrected chi connectivity index (χ0v) is 12.7. The topological polar surface area (TPSA) is 35.2 Å². The highest BCUT2D eigenvalue weighted by atomic mass is 16.5. The second-order valence-electron chi connectivity index (χ2n) is 5.51. The lowest BCUT2D eigenvalue weighted by Gasteiger charge is -2.24. The summed E-state index contributed by atoms with van der Waals surface area (Å²) in [5.74, 6) is 0.910. The van der Waals surface area contributed by atoms with Crippen LogP contribution in [-0.4, -0.2) is 6.04 Å². The highest BCUT2D eigenvalue weighted by Gasteiger charge is 2.19. The Morgan fingerprint density at radius 1 is 0.950 bits per heavy atom. The van der Waals surface area contributed by atoms with Crippen LogP contribution in [0.25, 0.3) is 0 Å². The SMILES string of the molecule is Cc1ccc(C(Oc2cccc(C)c2C)C(C)N)cc1. The fourth-order valence-electron chi connectivity index (χ4n) is 2.22. The molecule has 0 fully saturated rings. The first-order chi connectivity index (χ1) is 9.49. The van der Waals surface area contributed by atoms with Gasteiger partial charge in [-0.05, 0) is 50.5 Å². The molecule has 0 spiro atoms. The molecule has 0 radical (unpaired) electrons. The summed E-state index contributed by atoms with van der Waals surface area (Å²) < 4.78 is 6.19. The third kappa shape index (κ3) is 3.20. The molecule has 2 atom stereocenters. The number of rotatable bonds is 4. The van der Waals surface area contributed by atoms with Crippen molar-refractivity contribution in [3.63, 3.8) is 0 Å². The van der Waals surface area contributed by atoms with Gasteiger partial charge in [0.25, 0.3) is 0 Å². The van der Waals surface area contributed by atoms with E-state index in [0.29, 0.717) is 0 Å². The van der Waals surface area contributed by atoms with Crippen LogP contribution in [0, 0.1) is 20.8 Å². The van der Waals surface area contributed by atoms with E-state index in [9.17, 15) is 0 Å².